The Morgan fingerprint density at radius 1 is 0.582 bits per heavy atom. The molecule has 8 nitrogen and oxygen atoms in total. The Hall–Kier alpha value is -1.00. The molecule has 9 heteroatoms. The summed E-state index contributed by atoms with van der Waals surface area (Å²) in [6.45, 7) is 20.0. The first-order chi connectivity index (χ1) is 25.5. The number of allylic oxidation sites excluding steroid dienone is 2. The number of nitrogens with two attached hydrogens (primary N) is 2. The van der Waals surface area contributed by atoms with Crippen LogP contribution in [0.2, 0.25) is 0 Å². The van der Waals surface area contributed by atoms with E-state index in [2.05, 4.69) is 40.9 Å². The molecular formula is C46H79ClN2O6. The van der Waals surface area contributed by atoms with Gasteiger partial charge in [0.05, 0.1) is 24.4 Å². The molecule has 5 N–H and O–H groups in total. The summed E-state index contributed by atoms with van der Waals surface area (Å²) in [6.07, 6.45) is 18.0. The summed E-state index contributed by atoms with van der Waals surface area (Å²) in [5, 5.41) is 7.42. The number of methoxy groups -OCH3 is 4. The van der Waals surface area contributed by atoms with Crippen molar-refractivity contribution in [2.24, 2.45) is 80.5 Å². The van der Waals surface area contributed by atoms with E-state index in [4.69, 9.17) is 40.3 Å². The van der Waals surface area contributed by atoms with Crippen LogP contribution in [0.25, 0.3) is 0 Å². The van der Waals surface area contributed by atoms with Gasteiger partial charge in [-0.25, -0.2) is 0 Å². The third kappa shape index (κ3) is 7.34. The van der Waals surface area contributed by atoms with E-state index in [9.17, 15) is 0 Å². The fourth-order valence-electron chi connectivity index (χ4n) is 15.5. The Kier molecular flexibility index (Phi) is 13.9. The van der Waals surface area contributed by atoms with Gasteiger partial charge in [0.1, 0.15) is 0 Å². The molecule has 0 saturated heterocycles. The summed E-state index contributed by atoms with van der Waals surface area (Å²) < 4.78 is 24.6. The Labute approximate surface area is 340 Å². The van der Waals surface area contributed by atoms with Crippen LogP contribution in [0, 0.1) is 69.0 Å². The van der Waals surface area contributed by atoms with Crippen LogP contribution in [0.1, 0.15) is 125 Å². The standard InChI is InChI=1S/2C22H37NO2.C2H4O2.ClH/c2*1-13-6-7-15-18-16(9-11-21(13,15)2)22(3)10-8-14(23)12-17(22)19(24-4)20(18)25-5;1-2(3)4;/h2*14-20H,1,6-12,23H2,2-5H3;1H3,(H,3,4);1H/t2*14-,15?,16?,17?,18?,19-,20-,21-,22-;;/m11../s1. The zero-order valence-electron chi connectivity index (χ0n) is 35.9. The maximum Gasteiger partial charge on any atom is 0.300 e. The van der Waals surface area contributed by atoms with Gasteiger partial charge in [-0.2, -0.15) is 0 Å². The molecule has 8 aliphatic carbocycles. The van der Waals surface area contributed by atoms with Crippen molar-refractivity contribution in [3.8, 4) is 0 Å². The predicted molar refractivity (Wildman–Crippen MR) is 223 cm³/mol. The lowest BCUT2D eigenvalue weighted by atomic mass is 9.43. The van der Waals surface area contributed by atoms with Crippen LogP contribution in [0.4, 0.5) is 0 Å². The Morgan fingerprint density at radius 2 is 0.909 bits per heavy atom. The number of aliphatic carboxylic acids is 1. The number of halogens is 1. The van der Waals surface area contributed by atoms with Gasteiger partial charge in [-0.15, -0.1) is 12.4 Å². The summed E-state index contributed by atoms with van der Waals surface area (Å²) in [5.41, 5.74) is 17.1. The van der Waals surface area contributed by atoms with E-state index in [0.29, 0.717) is 69.3 Å². The second-order valence-corrected chi connectivity index (χ2v) is 20.4. The number of ether oxygens (including phenoxy) is 4. The van der Waals surface area contributed by atoms with Crippen LogP contribution >= 0.6 is 12.4 Å². The van der Waals surface area contributed by atoms with E-state index in [-0.39, 0.29) is 36.8 Å². The highest BCUT2D eigenvalue weighted by atomic mass is 35.5. The van der Waals surface area contributed by atoms with E-state index in [1.54, 1.807) is 0 Å². The average Bonchev–Trinajstić information content (AvgIpc) is 3.61. The molecule has 8 aliphatic rings. The van der Waals surface area contributed by atoms with Gasteiger partial charge >= 0.3 is 0 Å². The molecule has 0 heterocycles. The molecule has 8 saturated carbocycles. The van der Waals surface area contributed by atoms with Crippen LogP contribution in [0.15, 0.2) is 24.3 Å². The molecule has 8 rings (SSSR count). The first-order valence-corrected chi connectivity index (χ1v) is 21.6. The van der Waals surface area contributed by atoms with Crippen LogP contribution in [0.5, 0.6) is 0 Å². The average molecular weight is 792 g/mol. The molecule has 0 spiro atoms. The minimum absolute atomic E-state index is 0. The largest absolute Gasteiger partial charge is 0.481 e. The number of rotatable bonds is 4. The van der Waals surface area contributed by atoms with Crippen molar-refractivity contribution in [3.05, 3.63) is 24.3 Å². The van der Waals surface area contributed by atoms with E-state index < -0.39 is 5.97 Å². The molecule has 8 fully saturated rings. The molecule has 0 radical (unpaired) electrons. The first-order valence-electron chi connectivity index (χ1n) is 21.6. The molecule has 0 bridgehead atoms. The molecule has 18 atom stereocenters. The van der Waals surface area contributed by atoms with E-state index in [0.717, 1.165) is 31.6 Å². The van der Waals surface area contributed by atoms with Crippen molar-refractivity contribution < 1.29 is 28.8 Å². The monoisotopic (exact) mass is 791 g/mol. The Balaban J connectivity index is 0.000000189. The van der Waals surface area contributed by atoms with E-state index in [1.807, 2.05) is 28.4 Å². The van der Waals surface area contributed by atoms with Crippen LogP contribution in [0.3, 0.4) is 0 Å². The number of hydrogen-bond donors (Lipinski definition) is 3. The van der Waals surface area contributed by atoms with Gasteiger partial charge in [0.15, 0.2) is 0 Å². The highest BCUT2D eigenvalue weighted by Gasteiger charge is 2.66. The van der Waals surface area contributed by atoms with E-state index in [1.165, 1.54) is 88.2 Å². The lowest BCUT2D eigenvalue weighted by molar-refractivity contribution is -0.225. The van der Waals surface area contributed by atoms with E-state index >= 15 is 0 Å². The van der Waals surface area contributed by atoms with Crippen molar-refractivity contribution >= 4 is 18.4 Å². The van der Waals surface area contributed by atoms with Gasteiger partial charge in [0.25, 0.3) is 5.97 Å². The number of carbonyl (C=O) groups is 1. The van der Waals surface area contributed by atoms with Gasteiger partial charge in [-0.1, -0.05) is 52.0 Å². The topological polar surface area (TPSA) is 126 Å². The van der Waals surface area contributed by atoms with Crippen molar-refractivity contribution in [3.63, 3.8) is 0 Å². The highest BCUT2D eigenvalue weighted by Crippen LogP contribution is 2.69. The molecule has 316 valence electrons. The summed E-state index contributed by atoms with van der Waals surface area (Å²) in [6, 6.07) is 0.648. The van der Waals surface area contributed by atoms with Gasteiger partial charge in [-0.3, -0.25) is 4.79 Å². The van der Waals surface area contributed by atoms with Crippen LogP contribution < -0.4 is 11.5 Å². The Morgan fingerprint density at radius 3 is 1.22 bits per heavy atom. The lowest BCUT2D eigenvalue weighted by Crippen LogP contribution is -2.65. The summed E-state index contributed by atoms with van der Waals surface area (Å²) in [5.74, 6) is 4.31. The normalized spacial score (nSPS) is 50.8. The SMILES string of the molecule is C=C1CCC2C3C(CC[C@]12C)[C@@]1(C)CC[C@@H](N)CC1[C@@H](OC)[C@@H]3OC.C=C1CCC2C3C(CC[C@]12C)[C@@]1(C)CC[C@@H](N)CC1[C@@H](OC)[C@@H]3OC.CC(=O)O.Cl. The van der Waals surface area contributed by atoms with Crippen LogP contribution in [-0.2, 0) is 23.7 Å². The Bertz CT molecular complexity index is 1300. The first kappa shape index (κ1) is 45.1. The fraction of sp³-hybridized carbons (Fsp3) is 0.891. The van der Waals surface area contributed by atoms with Crippen molar-refractivity contribution in [2.75, 3.05) is 28.4 Å². The molecule has 8 unspecified atom stereocenters. The van der Waals surface area contributed by atoms with Crippen molar-refractivity contribution in [2.45, 2.75) is 161 Å². The third-order valence-corrected chi connectivity index (χ3v) is 18.5. The minimum Gasteiger partial charge on any atom is -0.481 e. The van der Waals surface area contributed by atoms with Gasteiger partial charge in [-0.05, 0) is 159 Å². The van der Waals surface area contributed by atoms with Crippen LogP contribution in [-0.4, -0.2) is 76.0 Å². The maximum absolute atomic E-state index is 9.00. The number of carboxylic acids is 1. The predicted octanol–water partition coefficient (Wildman–Crippen LogP) is 8.84. The van der Waals surface area contributed by atoms with Gasteiger partial charge < -0.3 is 35.5 Å². The third-order valence-electron chi connectivity index (χ3n) is 18.5. The lowest BCUT2D eigenvalue weighted by Gasteiger charge is -2.64. The second-order valence-electron chi connectivity index (χ2n) is 20.4. The summed E-state index contributed by atoms with van der Waals surface area (Å²) in [7, 11) is 7.56. The molecule has 0 amide bonds. The zero-order chi connectivity index (χ0) is 39.5. The number of fused-ring (bicyclic) bond motifs is 10. The minimum atomic E-state index is -0.833. The molecule has 0 aromatic heterocycles. The fourth-order valence-corrected chi connectivity index (χ4v) is 15.5. The zero-order valence-corrected chi connectivity index (χ0v) is 36.8. The molecule has 0 aromatic carbocycles. The second kappa shape index (κ2) is 16.9. The molecule has 55 heavy (non-hydrogen) atoms. The summed E-state index contributed by atoms with van der Waals surface area (Å²) >= 11 is 0. The molecular weight excluding hydrogens is 712 g/mol. The molecule has 0 aliphatic heterocycles. The number of carboxylic acid groups (broad SMARTS) is 1. The maximum atomic E-state index is 9.00. The van der Waals surface area contributed by atoms with Gasteiger partial charge in [0, 0.05) is 47.4 Å². The van der Waals surface area contributed by atoms with Gasteiger partial charge in [0.2, 0.25) is 0 Å². The van der Waals surface area contributed by atoms with Crippen molar-refractivity contribution in [1.82, 2.24) is 0 Å². The smallest absolute Gasteiger partial charge is 0.300 e. The van der Waals surface area contributed by atoms with Crippen molar-refractivity contribution in [1.29, 1.82) is 0 Å². The molecule has 0 aromatic rings. The summed E-state index contributed by atoms with van der Waals surface area (Å²) in [4.78, 5) is 9.00. The highest BCUT2D eigenvalue weighted by molar-refractivity contribution is 5.85. The number of hydrogen-bond acceptors (Lipinski definition) is 7. The quantitative estimate of drug-likeness (QED) is 0.241.